The third-order valence-electron chi connectivity index (χ3n) is 6.30. The molecular weight excluding hydrogens is 373 g/mol. The second kappa shape index (κ2) is 9.22. The number of carbonyl (C=O) groups is 2. The summed E-state index contributed by atoms with van der Waals surface area (Å²) >= 11 is 0. The summed E-state index contributed by atoms with van der Waals surface area (Å²) in [6.07, 6.45) is 4.99. The number of halogens is 1. The van der Waals surface area contributed by atoms with Gasteiger partial charge in [-0.3, -0.25) is 14.5 Å². The molecule has 158 valence electrons. The Kier molecular flexibility index (Phi) is 6.45. The first kappa shape index (κ1) is 20.3. The molecule has 0 aromatic heterocycles. The highest BCUT2D eigenvalue weighted by atomic mass is 19.1. The molecule has 6 nitrogen and oxygen atoms in total. The van der Waals surface area contributed by atoms with Crippen molar-refractivity contribution in [3.05, 3.63) is 35.6 Å². The normalized spacial score (nSPS) is 25.2. The molecule has 3 aliphatic rings. The number of hydrogen-bond donors (Lipinski definition) is 1. The number of ether oxygens (including phenoxy) is 1. The molecular formula is C22H30FN3O3. The van der Waals surface area contributed by atoms with E-state index in [0.29, 0.717) is 44.8 Å². The van der Waals surface area contributed by atoms with Crippen LogP contribution in [0.1, 0.15) is 42.5 Å². The van der Waals surface area contributed by atoms with Gasteiger partial charge < -0.3 is 15.0 Å². The van der Waals surface area contributed by atoms with Gasteiger partial charge in [0.15, 0.2) is 0 Å². The summed E-state index contributed by atoms with van der Waals surface area (Å²) in [6.45, 7) is 4.14. The van der Waals surface area contributed by atoms with E-state index in [-0.39, 0.29) is 23.9 Å². The highest BCUT2D eigenvalue weighted by Gasteiger charge is 2.38. The van der Waals surface area contributed by atoms with Crippen molar-refractivity contribution in [3.63, 3.8) is 0 Å². The van der Waals surface area contributed by atoms with Crippen molar-refractivity contribution >= 4 is 11.8 Å². The maximum absolute atomic E-state index is 13.4. The van der Waals surface area contributed by atoms with Crippen molar-refractivity contribution < 1.29 is 18.7 Å². The van der Waals surface area contributed by atoms with Crippen molar-refractivity contribution in [1.29, 1.82) is 0 Å². The van der Waals surface area contributed by atoms with Gasteiger partial charge in [-0.1, -0.05) is 6.07 Å². The molecule has 0 bridgehead atoms. The summed E-state index contributed by atoms with van der Waals surface area (Å²) in [7, 11) is 0. The molecule has 4 rings (SSSR count). The smallest absolute Gasteiger partial charge is 0.251 e. The summed E-state index contributed by atoms with van der Waals surface area (Å²) in [5.74, 6) is 0.276. The lowest BCUT2D eigenvalue weighted by molar-refractivity contribution is -0.136. The Bertz CT molecular complexity index is 734. The van der Waals surface area contributed by atoms with Crippen molar-refractivity contribution in [2.75, 3.05) is 39.4 Å². The van der Waals surface area contributed by atoms with Crippen LogP contribution in [-0.4, -0.2) is 73.1 Å². The van der Waals surface area contributed by atoms with E-state index in [1.807, 2.05) is 4.90 Å². The molecule has 0 spiro atoms. The zero-order valence-corrected chi connectivity index (χ0v) is 16.8. The molecule has 1 aliphatic carbocycles. The van der Waals surface area contributed by atoms with E-state index in [9.17, 15) is 14.0 Å². The van der Waals surface area contributed by atoms with Gasteiger partial charge in [0.1, 0.15) is 5.82 Å². The number of carbonyl (C=O) groups excluding carboxylic acids is 2. The summed E-state index contributed by atoms with van der Waals surface area (Å²) in [5.41, 5.74) is 0.343. The van der Waals surface area contributed by atoms with Crippen LogP contribution in [0.4, 0.5) is 4.39 Å². The lowest BCUT2D eigenvalue weighted by atomic mass is 10.1. The highest BCUT2D eigenvalue weighted by molar-refractivity contribution is 5.94. The van der Waals surface area contributed by atoms with Gasteiger partial charge in [-0.15, -0.1) is 0 Å². The predicted octanol–water partition coefficient (Wildman–Crippen LogP) is 2.05. The van der Waals surface area contributed by atoms with Crippen LogP contribution in [0.25, 0.3) is 0 Å². The van der Waals surface area contributed by atoms with Crippen LogP contribution in [-0.2, 0) is 9.53 Å². The number of benzene rings is 1. The number of nitrogens with zero attached hydrogens (tertiary/aromatic N) is 2. The third-order valence-corrected chi connectivity index (χ3v) is 6.30. The Morgan fingerprint density at radius 2 is 1.86 bits per heavy atom. The molecule has 1 aromatic carbocycles. The van der Waals surface area contributed by atoms with Gasteiger partial charge in [0.05, 0.1) is 13.2 Å². The van der Waals surface area contributed by atoms with E-state index in [0.717, 1.165) is 25.3 Å². The van der Waals surface area contributed by atoms with E-state index in [2.05, 4.69) is 10.2 Å². The van der Waals surface area contributed by atoms with Gasteiger partial charge in [-0.05, 0) is 49.8 Å². The van der Waals surface area contributed by atoms with Crippen molar-refractivity contribution in [2.45, 2.75) is 44.2 Å². The number of morpholine rings is 1. The maximum Gasteiger partial charge on any atom is 0.251 e. The molecule has 1 saturated carbocycles. The first-order valence-electron chi connectivity index (χ1n) is 10.7. The van der Waals surface area contributed by atoms with Crippen LogP contribution >= 0.6 is 0 Å². The Hall–Kier alpha value is -1.99. The molecule has 2 aliphatic heterocycles. The van der Waals surface area contributed by atoms with Gasteiger partial charge in [-0.25, -0.2) is 4.39 Å². The number of likely N-dealkylation sites (tertiary alicyclic amines) is 1. The second-order valence-electron chi connectivity index (χ2n) is 8.44. The molecule has 29 heavy (non-hydrogen) atoms. The summed E-state index contributed by atoms with van der Waals surface area (Å²) < 4.78 is 18.7. The van der Waals surface area contributed by atoms with Gasteiger partial charge in [0.2, 0.25) is 5.91 Å². The molecule has 2 heterocycles. The minimum atomic E-state index is -0.407. The largest absolute Gasteiger partial charge is 0.378 e. The second-order valence-corrected chi connectivity index (χ2v) is 8.44. The average molecular weight is 403 g/mol. The standard InChI is InChI=1S/C22H30FN3O3/c23-18-3-1-2-17(12-18)22(28)24-14-20-7-6-19(26(20)15-16-4-5-16)13-21(27)25-8-10-29-11-9-25/h1-3,12,16,19-20H,4-11,13-15H2,(H,24,28)/t19-,20+/m1/s1. The number of amides is 2. The zero-order valence-electron chi connectivity index (χ0n) is 16.8. The monoisotopic (exact) mass is 403 g/mol. The zero-order chi connectivity index (χ0) is 20.2. The predicted molar refractivity (Wildman–Crippen MR) is 107 cm³/mol. The Morgan fingerprint density at radius 1 is 1.10 bits per heavy atom. The lowest BCUT2D eigenvalue weighted by Gasteiger charge is -2.33. The average Bonchev–Trinajstić information content (AvgIpc) is 3.48. The fourth-order valence-electron chi connectivity index (χ4n) is 4.44. The minimum Gasteiger partial charge on any atom is -0.378 e. The quantitative estimate of drug-likeness (QED) is 0.757. The van der Waals surface area contributed by atoms with Crippen LogP contribution in [0.15, 0.2) is 24.3 Å². The van der Waals surface area contributed by atoms with Crippen molar-refractivity contribution in [2.24, 2.45) is 5.92 Å². The SMILES string of the molecule is O=C(NC[C@@H]1CC[C@H](CC(=O)N2CCOCC2)N1CC1CC1)c1cccc(F)c1. The van der Waals surface area contributed by atoms with Crippen LogP contribution in [0, 0.1) is 11.7 Å². The summed E-state index contributed by atoms with van der Waals surface area (Å²) in [4.78, 5) is 29.5. The Morgan fingerprint density at radius 3 is 2.59 bits per heavy atom. The van der Waals surface area contributed by atoms with Crippen molar-refractivity contribution in [1.82, 2.24) is 15.1 Å². The van der Waals surface area contributed by atoms with E-state index in [4.69, 9.17) is 4.74 Å². The van der Waals surface area contributed by atoms with Gasteiger partial charge >= 0.3 is 0 Å². The topological polar surface area (TPSA) is 61.9 Å². The van der Waals surface area contributed by atoms with Crippen LogP contribution in [0.2, 0.25) is 0 Å². The fraction of sp³-hybridized carbons (Fsp3) is 0.636. The molecule has 1 aromatic rings. The Labute approximate surface area is 171 Å². The van der Waals surface area contributed by atoms with Crippen LogP contribution < -0.4 is 5.32 Å². The van der Waals surface area contributed by atoms with Gasteiger partial charge in [0.25, 0.3) is 5.91 Å². The minimum absolute atomic E-state index is 0.212. The molecule has 2 amide bonds. The molecule has 1 N–H and O–H groups in total. The highest BCUT2D eigenvalue weighted by Crippen LogP contribution is 2.35. The molecule has 2 atom stereocenters. The van der Waals surface area contributed by atoms with Gasteiger partial charge in [0, 0.05) is 50.2 Å². The van der Waals surface area contributed by atoms with E-state index in [1.165, 1.54) is 25.0 Å². The molecule has 3 fully saturated rings. The molecule has 2 saturated heterocycles. The first-order valence-corrected chi connectivity index (χ1v) is 10.7. The summed E-state index contributed by atoms with van der Waals surface area (Å²) in [6, 6.07) is 6.24. The van der Waals surface area contributed by atoms with E-state index >= 15 is 0 Å². The Balaban J connectivity index is 1.34. The van der Waals surface area contributed by atoms with Crippen LogP contribution in [0.3, 0.4) is 0 Å². The van der Waals surface area contributed by atoms with Gasteiger partial charge in [-0.2, -0.15) is 0 Å². The van der Waals surface area contributed by atoms with Crippen LogP contribution in [0.5, 0.6) is 0 Å². The lowest BCUT2D eigenvalue weighted by Crippen LogP contribution is -2.47. The van der Waals surface area contributed by atoms with E-state index < -0.39 is 5.82 Å². The number of rotatable bonds is 7. The first-order chi connectivity index (χ1) is 14.1. The fourth-order valence-corrected chi connectivity index (χ4v) is 4.44. The van der Waals surface area contributed by atoms with Crippen molar-refractivity contribution in [3.8, 4) is 0 Å². The third kappa shape index (κ3) is 5.34. The number of nitrogens with one attached hydrogen (secondary N) is 1. The molecule has 7 heteroatoms. The number of hydrogen-bond acceptors (Lipinski definition) is 4. The van der Waals surface area contributed by atoms with E-state index in [1.54, 1.807) is 12.1 Å². The molecule has 0 unspecified atom stereocenters. The molecule has 0 radical (unpaired) electrons. The summed E-state index contributed by atoms with van der Waals surface area (Å²) in [5, 5.41) is 2.97. The maximum atomic E-state index is 13.4.